The molecule has 2 nitrogen and oxygen atoms in total. The molecule has 3 heteroatoms. The summed E-state index contributed by atoms with van der Waals surface area (Å²) in [5, 5.41) is 0. The first-order valence-corrected chi connectivity index (χ1v) is 6.11. The van der Waals surface area contributed by atoms with Crippen LogP contribution in [0.1, 0.15) is 18.9 Å². The standard InChI is InChI=1S/C14H17ClO2/c1-12(16-2)11-17-14-9-4-3-7-13(14)8-5-6-10-15/h3-4,7,9,12H,6,10-11H2,1-2H3. The highest BCUT2D eigenvalue weighted by Crippen LogP contribution is 2.17. The zero-order valence-electron chi connectivity index (χ0n) is 10.2. The van der Waals surface area contributed by atoms with Gasteiger partial charge < -0.3 is 9.47 Å². The van der Waals surface area contributed by atoms with E-state index in [0.717, 1.165) is 11.3 Å². The maximum atomic E-state index is 5.66. The average molecular weight is 253 g/mol. The number of alkyl halides is 1. The fourth-order valence-electron chi connectivity index (χ4n) is 1.18. The van der Waals surface area contributed by atoms with Gasteiger partial charge in [-0.3, -0.25) is 0 Å². The van der Waals surface area contributed by atoms with Gasteiger partial charge in [-0.05, 0) is 19.1 Å². The fraction of sp³-hybridized carbons (Fsp3) is 0.429. The Labute approximate surface area is 108 Å². The summed E-state index contributed by atoms with van der Waals surface area (Å²) in [6.45, 7) is 2.48. The summed E-state index contributed by atoms with van der Waals surface area (Å²) in [5.41, 5.74) is 0.890. The van der Waals surface area contributed by atoms with Crippen LogP contribution in [-0.2, 0) is 4.74 Å². The van der Waals surface area contributed by atoms with Crippen molar-refractivity contribution < 1.29 is 9.47 Å². The van der Waals surface area contributed by atoms with Gasteiger partial charge in [-0.15, -0.1) is 11.6 Å². The molecule has 0 saturated carbocycles. The van der Waals surface area contributed by atoms with Gasteiger partial charge in [-0.25, -0.2) is 0 Å². The second kappa shape index (κ2) is 8.00. The molecular formula is C14H17ClO2. The molecule has 1 rings (SSSR count). The van der Waals surface area contributed by atoms with Crippen molar-refractivity contribution in [3.8, 4) is 17.6 Å². The molecule has 0 aliphatic heterocycles. The van der Waals surface area contributed by atoms with Gasteiger partial charge >= 0.3 is 0 Å². The molecule has 1 aromatic rings. The van der Waals surface area contributed by atoms with Gasteiger partial charge in [0.2, 0.25) is 0 Å². The van der Waals surface area contributed by atoms with E-state index in [1.807, 2.05) is 31.2 Å². The van der Waals surface area contributed by atoms with Gasteiger partial charge in [-0.1, -0.05) is 24.0 Å². The van der Waals surface area contributed by atoms with E-state index in [-0.39, 0.29) is 6.10 Å². The summed E-state index contributed by atoms with van der Waals surface area (Å²) in [6.07, 6.45) is 0.753. The van der Waals surface area contributed by atoms with Gasteiger partial charge in [0.15, 0.2) is 0 Å². The van der Waals surface area contributed by atoms with Gasteiger partial charge in [0.25, 0.3) is 0 Å². The van der Waals surface area contributed by atoms with Gasteiger partial charge in [0.1, 0.15) is 12.4 Å². The van der Waals surface area contributed by atoms with Crippen LogP contribution in [0.5, 0.6) is 5.75 Å². The zero-order chi connectivity index (χ0) is 12.5. The summed E-state index contributed by atoms with van der Waals surface area (Å²) in [4.78, 5) is 0. The monoisotopic (exact) mass is 252 g/mol. The molecule has 0 aromatic heterocycles. The predicted molar refractivity (Wildman–Crippen MR) is 70.6 cm³/mol. The van der Waals surface area contributed by atoms with Crippen molar-refractivity contribution in [1.82, 2.24) is 0 Å². The molecule has 92 valence electrons. The summed E-state index contributed by atoms with van der Waals surface area (Å²) in [5.74, 6) is 7.40. The summed E-state index contributed by atoms with van der Waals surface area (Å²) in [7, 11) is 1.67. The Morgan fingerprint density at radius 3 is 2.82 bits per heavy atom. The maximum absolute atomic E-state index is 5.66. The van der Waals surface area contributed by atoms with Crippen LogP contribution < -0.4 is 4.74 Å². The quantitative estimate of drug-likeness (QED) is 0.592. The van der Waals surface area contributed by atoms with Crippen LogP contribution in [0.3, 0.4) is 0 Å². The lowest BCUT2D eigenvalue weighted by Gasteiger charge is -2.12. The lowest BCUT2D eigenvalue weighted by molar-refractivity contribution is 0.0716. The highest BCUT2D eigenvalue weighted by Gasteiger charge is 2.03. The van der Waals surface area contributed by atoms with E-state index in [4.69, 9.17) is 21.1 Å². The lowest BCUT2D eigenvalue weighted by Crippen LogP contribution is -2.16. The molecular weight excluding hydrogens is 236 g/mol. The van der Waals surface area contributed by atoms with E-state index in [2.05, 4.69) is 11.8 Å². The summed E-state index contributed by atoms with van der Waals surface area (Å²) < 4.78 is 10.8. The maximum Gasteiger partial charge on any atom is 0.135 e. The third-order valence-electron chi connectivity index (χ3n) is 2.21. The second-order valence-electron chi connectivity index (χ2n) is 3.59. The van der Waals surface area contributed by atoms with Crippen molar-refractivity contribution in [3.63, 3.8) is 0 Å². The fourth-order valence-corrected chi connectivity index (χ4v) is 1.27. The van der Waals surface area contributed by atoms with E-state index in [1.165, 1.54) is 0 Å². The lowest BCUT2D eigenvalue weighted by atomic mass is 10.2. The average Bonchev–Trinajstić information content (AvgIpc) is 2.37. The Morgan fingerprint density at radius 2 is 2.12 bits per heavy atom. The van der Waals surface area contributed by atoms with E-state index >= 15 is 0 Å². The Kier molecular flexibility index (Phi) is 6.54. The van der Waals surface area contributed by atoms with E-state index in [0.29, 0.717) is 18.9 Å². The van der Waals surface area contributed by atoms with Crippen LogP contribution in [0.2, 0.25) is 0 Å². The molecule has 0 amide bonds. The molecule has 0 fully saturated rings. The zero-order valence-corrected chi connectivity index (χ0v) is 11.0. The molecule has 0 aliphatic carbocycles. The molecule has 0 bridgehead atoms. The number of rotatable bonds is 5. The first kappa shape index (κ1) is 13.9. The van der Waals surface area contributed by atoms with Crippen LogP contribution in [0.4, 0.5) is 0 Å². The molecule has 0 radical (unpaired) electrons. The van der Waals surface area contributed by atoms with Crippen LogP contribution in [-0.4, -0.2) is 25.7 Å². The molecule has 0 aliphatic rings. The largest absolute Gasteiger partial charge is 0.490 e. The Bertz CT molecular complexity index is 393. The predicted octanol–water partition coefficient (Wildman–Crippen LogP) is 3.08. The smallest absolute Gasteiger partial charge is 0.135 e. The number of benzene rings is 1. The minimum atomic E-state index is 0.0684. The summed E-state index contributed by atoms with van der Waals surface area (Å²) in [6, 6.07) is 7.72. The van der Waals surface area contributed by atoms with Gasteiger partial charge in [0.05, 0.1) is 11.7 Å². The second-order valence-corrected chi connectivity index (χ2v) is 3.97. The molecule has 1 aromatic carbocycles. The van der Waals surface area contributed by atoms with Crippen molar-refractivity contribution >= 4 is 11.6 Å². The van der Waals surface area contributed by atoms with Crippen molar-refractivity contribution in [2.24, 2.45) is 0 Å². The Hall–Kier alpha value is -1.17. The topological polar surface area (TPSA) is 18.5 Å². The SMILES string of the molecule is COC(C)COc1ccccc1C#CCCCl. The highest BCUT2D eigenvalue weighted by molar-refractivity contribution is 6.18. The van der Waals surface area contributed by atoms with Crippen LogP contribution >= 0.6 is 11.6 Å². The number of hydrogen-bond acceptors (Lipinski definition) is 2. The van der Waals surface area contributed by atoms with E-state index in [1.54, 1.807) is 7.11 Å². The number of hydrogen-bond donors (Lipinski definition) is 0. The molecule has 0 saturated heterocycles. The number of halogens is 1. The van der Waals surface area contributed by atoms with Gasteiger partial charge in [-0.2, -0.15) is 0 Å². The van der Waals surface area contributed by atoms with E-state index in [9.17, 15) is 0 Å². The van der Waals surface area contributed by atoms with Crippen LogP contribution in [0, 0.1) is 11.8 Å². The van der Waals surface area contributed by atoms with Crippen LogP contribution in [0.25, 0.3) is 0 Å². The number of ether oxygens (including phenoxy) is 2. The van der Waals surface area contributed by atoms with Gasteiger partial charge in [0, 0.05) is 19.4 Å². The van der Waals surface area contributed by atoms with Crippen molar-refractivity contribution in [2.75, 3.05) is 19.6 Å². The summed E-state index contributed by atoms with van der Waals surface area (Å²) >= 11 is 5.58. The van der Waals surface area contributed by atoms with E-state index < -0.39 is 0 Å². The number of para-hydroxylation sites is 1. The van der Waals surface area contributed by atoms with Crippen molar-refractivity contribution in [2.45, 2.75) is 19.4 Å². The molecule has 0 spiro atoms. The molecule has 17 heavy (non-hydrogen) atoms. The molecule has 0 N–H and O–H groups in total. The number of methoxy groups -OCH3 is 1. The molecule has 1 atom stereocenters. The first-order chi connectivity index (χ1) is 8.27. The third kappa shape index (κ3) is 5.12. The minimum absolute atomic E-state index is 0.0684. The Balaban J connectivity index is 2.68. The first-order valence-electron chi connectivity index (χ1n) is 5.57. The van der Waals surface area contributed by atoms with Crippen molar-refractivity contribution in [3.05, 3.63) is 29.8 Å². The molecule has 1 unspecified atom stereocenters. The minimum Gasteiger partial charge on any atom is -0.490 e. The Morgan fingerprint density at radius 1 is 1.35 bits per heavy atom. The molecule has 0 heterocycles. The third-order valence-corrected chi connectivity index (χ3v) is 2.39. The normalized spacial score (nSPS) is 11.5. The van der Waals surface area contributed by atoms with Crippen LogP contribution in [0.15, 0.2) is 24.3 Å². The highest BCUT2D eigenvalue weighted by atomic mass is 35.5. The van der Waals surface area contributed by atoms with Crippen molar-refractivity contribution in [1.29, 1.82) is 0 Å².